The fraction of sp³-hybridized carbons (Fsp3) is 0.500. The van der Waals surface area contributed by atoms with Gasteiger partial charge in [0.15, 0.2) is 0 Å². The first-order valence-electron chi connectivity index (χ1n) is 6.98. The average Bonchev–Trinajstić information content (AvgIpc) is 3.03. The zero-order valence-corrected chi connectivity index (χ0v) is 11.1. The summed E-state index contributed by atoms with van der Waals surface area (Å²) in [6, 6.07) is 0.443. The van der Waals surface area contributed by atoms with E-state index in [0.29, 0.717) is 0 Å². The van der Waals surface area contributed by atoms with Crippen LogP contribution < -0.4 is 0 Å². The highest BCUT2D eigenvalue weighted by atomic mass is 16.3. The van der Waals surface area contributed by atoms with E-state index in [9.17, 15) is 5.11 Å². The first-order chi connectivity index (χ1) is 8.83. The highest BCUT2D eigenvalue weighted by molar-refractivity contribution is 5.27. The summed E-state index contributed by atoms with van der Waals surface area (Å²) in [5.41, 5.74) is 0. The van der Waals surface area contributed by atoms with Crippen molar-refractivity contribution in [2.45, 2.75) is 50.9 Å². The maximum Gasteiger partial charge on any atom is 0.108 e. The van der Waals surface area contributed by atoms with Crippen molar-refractivity contribution in [1.29, 1.82) is 0 Å². The smallest absolute Gasteiger partial charge is 0.108 e. The van der Waals surface area contributed by atoms with Gasteiger partial charge in [0.1, 0.15) is 6.23 Å². The fourth-order valence-corrected chi connectivity index (χ4v) is 2.56. The molecule has 0 saturated heterocycles. The van der Waals surface area contributed by atoms with E-state index in [1.54, 1.807) is 0 Å². The van der Waals surface area contributed by atoms with E-state index in [2.05, 4.69) is 60.4 Å². The molecule has 0 spiro atoms. The van der Waals surface area contributed by atoms with Crippen LogP contribution in [0.4, 0.5) is 0 Å². The molecule has 0 radical (unpaired) electrons. The Morgan fingerprint density at radius 2 is 1.44 bits per heavy atom. The van der Waals surface area contributed by atoms with Crippen LogP contribution in [0.5, 0.6) is 0 Å². The number of hydrogen-bond donors (Lipinski definition) is 1. The molecule has 0 heterocycles. The Balaban J connectivity index is 1.99. The molecule has 2 aliphatic rings. The summed E-state index contributed by atoms with van der Waals surface area (Å²) < 4.78 is 0. The molecule has 0 aliphatic heterocycles. The number of aliphatic hydroxyl groups excluding tert-OH is 1. The van der Waals surface area contributed by atoms with E-state index in [4.69, 9.17) is 0 Å². The van der Waals surface area contributed by atoms with Crippen LogP contribution >= 0.6 is 0 Å². The monoisotopic (exact) mass is 245 g/mol. The lowest BCUT2D eigenvalue weighted by atomic mass is 10.1. The Hall–Kier alpha value is -1.12. The van der Waals surface area contributed by atoms with Crippen molar-refractivity contribution in [3.8, 4) is 0 Å². The van der Waals surface area contributed by atoms with Crippen molar-refractivity contribution in [2.24, 2.45) is 0 Å². The van der Waals surface area contributed by atoms with Gasteiger partial charge in [-0.1, -0.05) is 68.4 Å². The van der Waals surface area contributed by atoms with Gasteiger partial charge in [-0.25, -0.2) is 0 Å². The van der Waals surface area contributed by atoms with Gasteiger partial charge in [0.2, 0.25) is 0 Å². The largest absolute Gasteiger partial charge is 0.378 e. The lowest BCUT2D eigenvalue weighted by molar-refractivity contribution is -0.0176. The highest BCUT2D eigenvalue weighted by Crippen LogP contribution is 2.22. The molecule has 0 fully saturated rings. The predicted molar refractivity (Wildman–Crippen MR) is 76.1 cm³/mol. The first kappa shape index (κ1) is 13.3. The van der Waals surface area contributed by atoms with Crippen molar-refractivity contribution in [3.05, 3.63) is 48.6 Å². The molecule has 0 bridgehead atoms. The lowest BCUT2D eigenvalue weighted by Crippen LogP contribution is -2.46. The van der Waals surface area contributed by atoms with Crippen LogP contribution in [0.3, 0.4) is 0 Å². The van der Waals surface area contributed by atoms with Crippen molar-refractivity contribution >= 4 is 0 Å². The molecular formula is C16H23NO. The molecule has 1 unspecified atom stereocenters. The van der Waals surface area contributed by atoms with E-state index >= 15 is 0 Å². The highest BCUT2D eigenvalue weighted by Gasteiger charge is 2.27. The third-order valence-electron chi connectivity index (χ3n) is 3.55. The minimum absolute atomic E-state index is 0.221. The second-order valence-corrected chi connectivity index (χ2v) is 4.94. The van der Waals surface area contributed by atoms with Crippen LogP contribution in [0.1, 0.15) is 32.6 Å². The fourth-order valence-electron chi connectivity index (χ4n) is 2.56. The maximum atomic E-state index is 10.4. The molecule has 1 atom stereocenters. The molecule has 18 heavy (non-hydrogen) atoms. The third kappa shape index (κ3) is 3.21. The van der Waals surface area contributed by atoms with Crippen molar-refractivity contribution in [2.75, 3.05) is 0 Å². The van der Waals surface area contributed by atoms with Crippen LogP contribution in [0.15, 0.2) is 48.6 Å². The molecule has 0 aromatic carbocycles. The topological polar surface area (TPSA) is 23.5 Å². The minimum Gasteiger partial charge on any atom is -0.378 e. The third-order valence-corrected chi connectivity index (χ3v) is 3.55. The van der Waals surface area contributed by atoms with Gasteiger partial charge >= 0.3 is 0 Å². The van der Waals surface area contributed by atoms with Gasteiger partial charge in [-0.15, -0.1) is 0 Å². The summed E-state index contributed by atoms with van der Waals surface area (Å²) in [4.78, 5) is 2.18. The molecule has 2 rings (SSSR count). The maximum absolute atomic E-state index is 10.4. The molecule has 0 amide bonds. The van der Waals surface area contributed by atoms with Crippen molar-refractivity contribution < 1.29 is 5.11 Å². The molecule has 0 saturated carbocycles. The molecule has 2 heteroatoms. The number of rotatable bonds is 7. The number of allylic oxidation sites excluding steroid dienone is 4. The number of nitrogens with zero attached hydrogens (tertiary/aromatic N) is 1. The summed E-state index contributed by atoms with van der Waals surface area (Å²) in [5.74, 6) is 0. The van der Waals surface area contributed by atoms with Crippen LogP contribution in [-0.2, 0) is 0 Å². The van der Waals surface area contributed by atoms with Gasteiger partial charge in [0.25, 0.3) is 0 Å². The molecule has 2 aliphatic carbocycles. The van der Waals surface area contributed by atoms with Gasteiger partial charge in [0, 0.05) is 0 Å². The average molecular weight is 245 g/mol. The van der Waals surface area contributed by atoms with E-state index in [1.807, 2.05) is 0 Å². The Bertz CT molecular complexity index is 315. The van der Waals surface area contributed by atoms with Gasteiger partial charge in [-0.05, 0) is 12.8 Å². The Labute approximate surface area is 110 Å². The summed E-state index contributed by atoms with van der Waals surface area (Å²) in [5, 5.41) is 10.4. The second kappa shape index (κ2) is 6.72. The molecule has 0 aromatic heterocycles. The van der Waals surface area contributed by atoms with Gasteiger partial charge in [-0.3, -0.25) is 4.90 Å². The van der Waals surface area contributed by atoms with Crippen LogP contribution in [0.2, 0.25) is 0 Å². The quantitative estimate of drug-likeness (QED) is 0.550. The predicted octanol–water partition coefficient (Wildman–Crippen LogP) is 3.18. The minimum atomic E-state index is -0.369. The Morgan fingerprint density at radius 3 is 1.89 bits per heavy atom. The van der Waals surface area contributed by atoms with E-state index in [1.165, 1.54) is 12.8 Å². The molecular weight excluding hydrogens is 222 g/mol. The standard InChI is InChI=1S/C16H23NO/c1-2-3-4-13-16(18)17(14-9-5-6-10-14)15-11-7-8-12-15/h5-12,14-16,18H,2-4,13H2,1H3. The van der Waals surface area contributed by atoms with Crippen LogP contribution in [0, 0.1) is 0 Å². The van der Waals surface area contributed by atoms with E-state index in [0.717, 1.165) is 12.8 Å². The summed E-state index contributed by atoms with van der Waals surface area (Å²) in [6.45, 7) is 2.19. The first-order valence-corrected chi connectivity index (χ1v) is 6.98. The van der Waals surface area contributed by atoms with Crippen molar-refractivity contribution in [1.82, 2.24) is 4.90 Å². The zero-order chi connectivity index (χ0) is 12.8. The van der Waals surface area contributed by atoms with Crippen molar-refractivity contribution in [3.63, 3.8) is 0 Å². The number of aliphatic hydroxyl groups is 1. The lowest BCUT2D eigenvalue weighted by Gasteiger charge is -2.35. The normalized spacial score (nSPS) is 20.6. The molecule has 1 N–H and O–H groups in total. The van der Waals surface area contributed by atoms with Gasteiger partial charge < -0.3 is 5.11 Å². The summed E-state index contributed by atoms with van der Waals surface area (Å²) in [6.07, 6.45) is 20.7. The van der Waals surface area contributed by atoms with Crippen LogP contribution in [0.25, 0.3) is 0 Å². The zero-order valence-electron chi connectivity index (χ0n) is 11.1. The second-order valence-electron chi connectivity index (χ2n) is 4.94. The molecule has 0 aromatic rings. The molecule has 2 nitrogen and oxygen atoms in total. The number of unbranched alkanes of at least 4 members (excludes halogenated alkanes) is 2. The summed E-state index contributed by atoms with van der Waals surface area (Å²) in [7, 11) is 0. The number of hydrogen-bond acceptors (Lipinski definition) is 2. The van der Waals surface area contributed by atoms with E-state index in [-0.39, 0.29) is 18.3 Å². The van der Waals surface area contributed by atoms with Crippen LogP contribution in [-0.4, -0.2) is 28.3 Å². The SMILES string of the molecule is CCCCCC(O)N(C1C=CC=C1)C1C=CC=C1. The van der Waals surface area contributed by atoms with Gasteiger partial charge in [-0.2, -0.15) is 0 Å². The Morgan fingerprint density at radius 1 is 0.944 bits per heavy atom. The Kier molecular flexibility index (Phi) is 4.97. The molecule has 98 valence electrons. The van der Waals surface area contributed by atoms with E-state index < -0.39 is 0 Å². The van der Waals surface area contributed by atoms with Gasteiger partial charge in [0.05, 0.1) is 12.1 Å². The summed E-state index contributed by atoms with van der Waals surface area (Å²) >= 11 is 0.